The molecule has 2 heterocycles. The first kappa shape index (κ1) is 12.9. The minimum atomic E-state index is 0.483. The average Bonchev–Trinajstić information content (AvgIpc) is 2.94. The topological polar surface area (TPSA) is 42.3 Å². The molecule has 1 aromatic carbocycles. The van der Waals surface area contributed by atoms with E-state index in [2.05, 4.69) is 14.8 Å². The molecule has 0 saturated carbocycles. The number of benzene rings is 1. The van der Waals surface area contributed by atoms with E-state index in [0.29, 0.717) is 12.5 Å². The molecule has 0 saturated heterocycles. The predicted molar refractivity (Wildman–Crippen MR) is 82.5 cm³/mol. The van der Waals surface area contributed by atoms with Crippen LogP contribution in [0.2, 0.25) is 0 Å². The van der Waals surface area contributed by atoms with Crippen LogP contribution in [-0.2, 0) is 6.61 Å². The molecule has 0 bridgehead atoms. The lowest BCUT2D eigenvalue weighted by atomic mass is 10.2. The number of aromatic amines is 1. The molecule has 0 spiro atoms. The largest absolute Gasteiger partial charge is 0.473 e. The number of nitrogens with zero attached hydrogens (tertiary/aromatic N) is 2. The molecule has 102 valence electrons. The zero-order valence-corrected chi connectivity index (χ0v) is 11.3. The van der Waals surface area contributed by atoms with Gasteiger partial charge in [0.25, 0.3) is 0 Å². The molecule has 0 radical (unpaired) electrons. The van der Waals surface area contributed by atoms with E-state index in [4.69, 9.17) is 11.3 Å². The summed E-state index contributed by atoms with van der Waals surface area (Å²) in [6.07, 6.45) is 6.81. The van der Waals surface area contributed by atoms with Gasteiger partial charge in [-0.2, -0.15) is 0 Å². The lowest BCUT2D eigenvalue weighted by molar-refractivity contribution is 0.294. The van der Waals surface area contributed by atoms with Gasteiger partial charge in [-0.3, -0.25) is 0 Å². The molecule has 4 heteroatoms. The van der Waals surface area contributed by atoms with Crippen molar-refractivity contribution < 1.29 is 4.74 Å². The molecule has 4 nitrogen and oxygen atoms in total. The van der Waals surface area contributed by atoms with Gasteiger partial charge in [-0.25, -0.2) is 9.83 Å². The van der Waals surface area contributed by atoms with Crippen molar-refractivity contribution in [1.29, 1.82) is 0 Å². The van der Waals surface area contributed by atoms with Crippen LogP contribution in [0.5, 0.6) is 5.88 Å². The normalized spacial score (nSPS) is 10.8. The second-order valence-electron chi connectivity index (χ2n) is 4.53. The van der Waals surface area contributed by atoms with Gasteiger partial charge in [0.1, 0.15) is 6.61 Å². The van der Waals surface area contributed by atoms with Crippen LogP contribution >= 0.6 is 0 Å². The number of H-pyrrole nitrogens is 1. The molecule has 21 heavy (non-hydrogen) atoms. The maximum atomic E-state index is 6.81. The van der Waals surface area contributed by atoms with Crippen LogP contribution in [0, 0.1) is 6.57 Å². The van der Waals surface area contributed by atoms with Crippen molar-refractivity contribution in [2.24, 2.45) is 0 Å². The third kappa shape index (κ3) is 2.93. The molecule has 0 atom stereocenters. The first-order valence-corrected chi connectivity index (χ1v) is 6.54. The minimum absolute atomic E-state index is 0.483. The summed E-state index contributed by atoms with van der Waals surface area (Å²) in [6, 6.07) is 11.9. The van der Waals surface area contributed by atoms with Crippen LogP contribution in [0.1, 0.15) is 11.1 Å². The third-order valence-electron chi connectivity index (χ3n) is 3.13. The quantitative estimate of drug-likeness (QED) is 0.730. The zero-order valence-electron chi connectivity index (χ0n) is 11.3. The molecule has 3 aromatic rings. The number of nitrogens with one attached hydrogen (secondary N) is 1. The van der Waals surface area contributed by atoms with E-state index in [0.717, 1.165) is 22.0 Å². The second-order valence-corrected chi connectivity index (χ2v) is 4.53. The van der Waals surface area contributed by atoms with Crippen molar-refractivity contribution in [2.75, 3.05) is 0 Å². The molecular weight excluding hydrogens is 262 g/mol. The number of fused-ring (bicyclic) bond motifs is 1. The first-order chi connectivity index (χ1) is 10.4. The number of rotatable bonds is 4. The molecule has 2 aromatic heterocycles. The van der Waals surface area contributed by atoms with E-state index < -0.39 is 0 Å². The van der Waals surface area contributed by atoms with E-state index in [1.807, 2.05) is 42.6 Å². The van der Waals surface area contributed by atoms with Crippen LogP contribution in [0.3, 0.4) is 0 Å². The molecule has 1 N–H and O–H groups in total. The molecule has 0 aliphatic carbocycles. The lowest BCUT2D eigenvalue weighted by Crippen LogP contribution is -1.96. The molecule has 0 aliphatic rings. The smallest absolute Gasteiger partial charge is 0.214 e. The van der Waals surface area contributed by atoms with Gasteiger partial charge in [-0.15, -0.1) is 0 Å². The first-order valence-electron chi connectivity index (χ1n) is 6.54. The van der Waals surface area contributed by atoms with Gasteiger partial charge in [0, 0.05) is 17.6 Å². The Morgan fingerprint density at radius 3 is 2.95 bits per heavy atom. The highest BCUT2D eigenvalue weighted by atomic mass is 16.5. The van der Waals surface area contributed by atoms with E-state index in [-0.39, 0.29) is 0 Å². The summed E-state index contributed by atoms with van der Waals surface area (Å²) in [5.74, 6) is 0.573. The fourth-order valence-electron chi connectivity index (χ4n) is 2.09. The highest BCUT2D eigenvalue weighted by molar-refractivity contribution is 5.89. The standard InChI is InChI=1S/C17H13N3O/c1-18-8-7-14-10-19-16-11-20-17(9-15(14)16)21-12-13-5-3-2-4-6-13/h2-11,19H,12H2/b8-7+. The van der Waals surface area contributed by atoms with E-state index in [1.54, 1.807) is 12.3 Å². The fourth-order valence-corrected chi connectivity index (χ4v) is 2.09. The summed E-state index contributed by atoms with van der Waals surface area (Å²) in [6.45, 7) is 7.29. The molecule has 0 aliphatic heterocycles. The Bertz CT molecular complexity index is 813. The Morgan fingerprint density at radius 1 is 1.29 bits per heavy atom. The monoisotopic (exact) mass is 275 g/mol. The third-order valence-corrected chi connectivity index (χ3v) is 3.13. The van der Waals surface area contributed by atoms with Crippen molar-refractivity contribution in [3.8, 4) is 5.88 Å². The number of pyridine rings is 1. The lowest BCUT2D eigenvalue weighted by Gasteiger charge is -2.05. The number of ether oxygens (including phenoxy) is 1. The average molecular weight is 275 g/mol. The van der Waals surface area contributed by atoms with Crippen molar-refractivity contribution in [3.63, 3.8) is 0 Å². The Kier molecular flexibility index (Phi) is 3.66. The van der Waals surface area contributed by atoms with Crippen molar-refractivity contribution >= 4 is 17.0 Å². The van der Waals surface area contributed by atoms with Gasteiger partial charge in [-0.05, 0) is 11.1 Å². The predicted octanol–water partition coefficient (Wildman–Crippen LogP) is 4.03. The maximum Gasteiger partial charge on any atom is 0.214 e. The molecule has 0 unspecified atom stereocenters. The zero-order chi connectivity index (χ0) is 14.5. The van der Waals surface area contributed by atoms with Crippen molar-refractivity contribution in [3.05, 3.63) is 77.5 Å². The van der Waals surface area contributed by atoms with Gasteiger partial charge >= 0.3 is 0 Å². The summed E-state index contributed by atoms with van der Waals surface area (Å²) in [7, 11) is 0. The van der Waals surface area contributed by atoms with Crippen LogP contribution in [-0.4, -0.2) is 9.97 Å². The van der Waals surface area contributed by atoms with E-state index in [1.165, 1.54) is 6.20 Å². The summed E-state index contributed by atoms with van der Waals surface area (Å²) in [5, 5.41) is 0.993. The Labute approximate surface area is 122 Å². The Morgan fingerprint density at radius 2 is 2.14 bits per heavy atom. The molecule has 0 fully saturated rings. The Hall–Kier alpha value is -3.06. The highest BCUT2D eigenvalue weighted by Crippen LogP contribution is 2.23. The van der Waals surface area contributed by atoms with Crippen molar-refractivity contribution in [2.45, 2.75) is 6.61 Å². The molecule has 0 amide bonds. The number of hydrogen-bond donors (Lipinski definition) is 1. The minimum Gasteiger partial charge on any atom is -0.473 e. The van der Waals surface area contributed by atoms with E-state index >= 15 is 0 Å². The van der Waals surface area contributed by atoms with Crippen LogP contribution in [0.15, 0.2) is 55.0 Å². The van der Waals surface area contributed by atoms with Gasteiger partial charge < -0.3 is 9.72 Å². The van der Waals surface area contributed by atoms with Gasteiger partial charge in [0.2, 0.25) is 5.88 Å². The highest BCUT2D eigenvalue weighted by Gasteiger charge is 2.04. The van der Waals surface area contributed by atoms with Gasteiger partial charge in [-0.1, -0.05) is 36.4 Å². The van der Waals surface area contributed by atoms with Gasteiger partial charge in [0.15, 0.2) is 6.20 Å². The molecular formula is C17H13N3O. The Balaban J connectivity index is 1.83. The summed E-state index contributed by atoms with van der Waals surface area (Å²) < 4.78 is 5.72. The number of aromatic nitrogens is 2. The SMILES string of the molecule is [C-]#[N+]/C=C/c1c[nH]c2cnc(OCc3ccccc3)cc12. The second kappa shape index (κ2) is 5.93. The van der Waals surface area contributed by atoms with E-state index in [9.17, 15) is 0 Å². The van der Waals surface area contributed by atoms with Crippen molar-refractivity contribution in [1.82, 2.24) is 9.97 Å². The summed E-state index contributed by atoms with van der Waals surface area (Å²) >= 11 is 0. The van der Waals surface area contributed by atoms with Crippen LogP contribution in [0.25, 0.3) is 21.8 Å². The summed E-state index contributed by atoms with van der Waals surface area (Å²) in [4.78, 5) is 10.6. The number of hydrogen-bond acceptors (Lipinski definition) is 2. The maximum absolute atomic E-state index is 6.81. The fraction of sp³-hybridized carbons (Fsp3) is 0.0588. The molecule has 3 rings (SSSR count). The van der Waals surface area contributed by atoms with Gasteiger partial charge in [0.05, 0.1) is 18.3 Å². The summed E-state index contributed by atoms with van der Waals surface area (Å²) in [5.41, 5.74) is 2.97. The van der Waals surface area contributed by atoms with Crippen LogP contribution in [0.4, 0.5) is 0 Å². The van der Waals surface area contributed by atoms with Crippen LogP contribution < -0.4 is 4.74 Å².